The second kappa shape index (κ2) is 1.25. The molecule has 4 aliphatic carbocycles. The highest BCUT2D eigenvalue weighted by Gasteiger charge is 2.69. The number of rotatable bonds is 1. The first-order valence-electron chi connectivity index (χ1n) is 4.08. The molecule has 4 aliphatic rings. The minimum atomic E-state index is -0.0301. The fourth-order valence-electron chi connectivity index (χ4n) is 3.50. The van der Waals surface area contributed by atoms with Gasteiger partial charge in [0.25, 0.3) is 0 Å². The summed E-state index contributed by atoms with van der Waals surface area (Å²) in [4.78, 5) is 10.9. The summed E-state index contributed by atoms with van der Waals surface area (Å²) >= 11 is 0. The van der Waals surface area contributed by atoms with Gasteiger partial charge in [-0.15, -0.1) is 0 Å². The van der Waals surface area contributed by atoms with Crippen molar-refractivity contribution in [2.45, 2.75) is 12.8 Å². The van der Waals surface area contributed by atoms with Crippen LogP contribution in [-0.4, -0.2) is 5.91 Å². The van der Waals surface area contributed by atoms with Crippen LogP contribution in [0.25, 0.3) is 0 Å². The van der Waals surface area contributed by atoms with Gasteiger partial charge in [0.05, 0.1) is 0 Å². The number of primary amides is 1. The molecular formula is C8H11NO. The zero-order chi connectivity index (χ0) is 6.88. The Hall–Kier alpha value is -0.530. The molecule has 0 heterocycles. The Morgan fingerprint density at radius 2 is 1.90 bits per heavy atom. The van der Waals surface area contributed by atoms with Gasteiger partial charge in [-0.3, -0.25) is 4.79 Å². The van der Waals surface area contributed by atoms with E-state index in [1.807, 2.05) is 0 Å². The molecule has 54 valence electrons. The van der Waals surface area contributed by atoms with Crippen molar-refractivity contribution in [1.82, 2.24) is 0 Å². The highest BCUT2D eigenvalue weighted by molar-refractivity contribution is 5.79. The lowest BCUT2D eigenvalue weighted by Crippen LogP contribution is -2.25. The molecule has 4 rings (SSSR count). The van der Waals surface area contributed by atoms with Gasteiger partial charge in [-0.05, 0) is 36.5 Å². The molecule has 0 aliphatic heterocycles. The smallest absolute Gasteiger partial charge is 0.221 e. The lowest BCUT2D eigenvalue weighted by Gasteiger charge is -2.08. The van der Waals surface area contributed by atoms with Gasteiger partial charge < -0.3 is 5.73 Å². The third-order valence-electron chi connectivity index (χ3n) is 3.80. The lowest BCUT2D eigenvalue weighted by molar-refractivity contribution is -0.122. The zero-order valence-electron chi connectivity index (χ0n) is 5.79. The number of nitrogens with two attached hydrogens (primary N) is 1. The third kappa shape index (κ3) is 0.360. The Kier molecular flexibility index (Phi) is 0.644. The van der Waals surface area contributed by atoms with Crippen LogP contribution < -0.4 is 5.73 Å². The third-order valence-corrected chi connectivity index (χ3v) is 3.80. The summed E-state index contributed by atoms with van der Waals surface area (Å²) in [7, 11) is 0. The predicted octanol–water partition coefficient (Wildman–Crippen LogP) is 0.374. The molecule has 2 N–H and O–H groups in total. The molecule has 5 atom stereocenters. The molecule has 1 amide bonds. The van der Waals surface area contributed by atoms with Crippen molar-refractivity contribution in [2.75, 3.05) is 0 Å². The predicted molar refractivity (Wildman–Crippen MR) is 35.9 cm³/mol. The summed E-state index contributed by atoms with van der Waals surface area (Å²) in [5.74, 6) is 3.53. The molecule has 0 saturated heterocycles. The van der Waals surface area contributed by atoms with E-state index in [1.54, 1.807) is 0 Å². The number of hydrogen-bond acceptors (Lipinski definition) is 1. The quantitative estimate of drug-likeness (QED) is 0.557. The van der Waals surface area contributed by atoms with Crippen molar-refractivity contribution in [2.24, 2.45) is 35.3 Å². The molecule has 10 heavy (non-hydrogen) atoms. The van der Waals surface area contributed by atoms with E-state index in [0.29, 0.717) is 5.92 Å². The van der Waals surface area contributed by atoms with Gasteiger partial charge in [0.15, 0.2) is 0 Å². The fraction of sp³-hybridized carbons (Fsp3) is 0.875. The minimum Gasteiger partial charge on any atom is -0.369 e. The maximum absolute atomic E-state index is 10.9. The first-order chi connectivity index (χ1) is 4.79. The van der Waals surface area contributed by atoms with E-state index < -0.39 is 0 Å². The van der Waals surface area contributed by atoms with Crippen molar-refractivity contribution in [1.29, 1.82) is 0 Å². The van der Waals surface area contributed by atoms with E-state index in [4.69, 9.17) is 5.73 Å². The number of amides is 1. The van der Waals surface area contributed by atoms with Gasteiger partial charge in [0.1, 0.15) is 0 Å². The highest BCUT2D eigenvalue weighted by Crippen LogP contribution is 2.73. The molecule has 0 aromatic carbocycles. The van der Waals surface area contributed by atoms with Crippen LogP contribution in [0.3, 0.4) is 0 Å². The Bertz CT molecular complexity index is 199. The second-order valence-electron chi connectivity index (χ2n) is 4.06. The average Bonchev–Trinajstić information content (AvgIpc) is 2.38. The molecule has 4 fully saturated rings. The molecule has 0 aromatic rings. The van der Waals surface area contributed by atoms with Gasteiger partial charge in [-0.25, -0.2) is 0 Å². The van der Waals surface area contributed by atoms with E-state index in [9.17, 15) is 4.79 Å². The lowest BCUT2D eigenvalue weighted by atomic mass is 9.98. The van der Waals surface area contributed by atoms with Crippen LogP contribution in [0.2, 0.25) is 0 Å². The monoisotopic (exact) mass is 137 g/mol. The molecule has 4 bridgehead atoms. The molecule has 0 radical (unpaired) electrons. The Morgan fingerprint density at radius 3 is 2.10 bits per heavy atom. The fourth-order valence-corrected chi connectivity index (χ4v) is 3.50. The van der Waals surface area contributed by atoms with Crippen LogP contribution in [0.1, 0.15) is 12.8 Å². The standard InChI is InChI=1S/C8H11NO/c9-8(10)6-3-1-4-5(2-3)7(4)6/h3-7H,1-2H2,(H2,9,10)/t3?,4-,5+,6-,7?/m1/s1. The maximum atomic E-state index is 10.9. The Balaban J connectivity index is 1.97. The molecule has 2 heteroatoms. The minimum absolute atomic E-state index is 0.0301. The van der Waals surface area contributed by atoms with Gasteiger partial charge in [0.2, 0.25) is 5.91 Å². The van der Waals surface area contributed by atoms with Crippen LogP contribution >= 0.6 is 0 Å². The topological polar surface area (TPSA) is 43.1 Å². The molecule has 0 spiro atoms. The second-order valence-corrected chi connectivity index (χ2v) is 4.06. The summed E-state index contributed by atoms with van der Waals surface area (Å²) < 4.78 is 0. The first kappa shape index (κ1) is 5.16. The highest BCUT2D eigenvalue weighted by atomic mass is 16.1. The molecule has 4 saturated carbocycles. The largest absolute Gasteiger partial charge is 0.369 e. The molecule has 2 unspecified atom stereocenters. The van der Waals surface area contributed by atoms with E-state index >= 15 is 0 Å². The van der Waals surface area contributed by atoms with Crippen molar-refractivity contribution in [3.63, 3.8) is 0 Å². The molecule has 2 nitrogen and oxygen atoms in total. The zero-order valence-corrected chi connectivity index (χ0v) is 5.79. The van der Waals surface area contributed by atoms with E-state index in [0.717, 1.165) is 17.8 Å². The van der Waals surface area contributed by atoms with Crippen LogP contribution in [-0.2, 0) is 4.79 Å². The average molecular weight is 137 g/mol. The number of hydrogen-bond donors (Lipinski definition) is 1. The molecule has 0 aromatic heterocycles. The van der Waals surface area contributed by atoms with Crippen molar-refractivity contribution >= 4 is 5.91 Å². The van der Waals surface area contributed by atoms with Gasteiger partial charge in [-0.1, -0.05) is 0 Å². The van der Waals surface area contributed by atoms with Crippen molar-refractivity contribution in [3.8, 4) is 0 Å². The maximum Gasteiger partial charge on any atom is 0.221 e. The van der Waals surface area contributed by atoms with E-state index in [1.165, 1.54) is 12.8 Å². The summed E-state index contributed by atoms with van der Waals surface area (Å²) in [6, 6.07) is 0. The summed E-state index contributed by atoms with van der Waals surface area (Å²) in [6.45, 7) is 0. The summed E-state index contributed by atoms with van der Waals surface area (Å²) in [5, 5.41) is 0. The molecular weight excluding hydrogens is 126 g/mol. The first-order valence-corrected chi connectivity index (χ1v) is 4.08. The Labute approximate surface area is 59.8 Å². The van der Waals surface area contributed by atoms with Crippen LogP contribution in [0.15, 0.2) is 0 Å². The van der Waals surface area contributed by atoms with E-state index in [2.05, 4.69) is 0 Å². The van der Waals surface area contributed by atoms with Crippen LogP contribution in [0.4, 0.5) is 0 Å². The van der Waals surface area contributed by atoms with E-state index in [-0.39, 0.29) is 11.8 Å². The summed E-state index contributed by atoms with van der Waals surface area (Å²) in [5.41, 5.74) is 5.29. The van der Waals surface area contributed by atoms with Crippen LogP contribution in [0.5, 0.6) is 0 Å². The van der Waals surface area contributed by atoms with Gasteiger partial charge in [-0.2, -0.15) is 0 Å². The van der Waals surface area contributed by atoms with Crippen molar-refractivity contribution in [3.05, 3.63) is 0 Å². The summed E-state index contributed by atoms with van der Waals surface area (Å²) in [6.07, 6.45) is 2.62. The number of carbonyl (C=O) groups excluding carboxylic acids is 1. The van der Waals surface area contributed by atoms with Crippen LogP contribution in [0, 0.1) is 29.6 Å². The Morgan fingerprint density at radius 1 is 1.30 bits per heavy atom. The number of carbonyl (C=O) groups is 1. The SMILES string of the molecule is NC(=O)[C@@H]1C2C[C@@H]3C1[C@@H]3C2. The van der Waals surface area contributed by atoms with Gasteiger partial charge in [0, 0.05) is 5.92 Å². The van der Waals surface area contributed by atoms with Crippen molar-refractivity contribution < 1.29 is 4.79 Å². The van der Waals surface area contributed by atoms with Gasteiger partial charge >= 0.3 is 0 Å². The normalized spacial score (nSPS) is 61.0.